The molecule has 1 amide bonds. The molecule has 0 aliphatic heterocycles. The van der Waals surface area contributed by atoms with Crippen LogP contribution in [-0.4, -0.2) is 27.8 Å². The van der Waals surface area contributed by atoms with Crippen molar-refractivity contribution in [1.29, 1.82) is 0 Å². The normalized spacial score (nSPS) is 10.3. The van der Waals surface area contributed by atoms with Gasteiger partial charge < -0.3 is 15.6 Å². The molecular weight excluding hydrogens is 252 g/mol. The number of anilines is 1. The van der Waals surface area contributed by atoms with E-state index in [0.29, 0.717) is 22.8 Å². The summed E-state index contributed by atoms with van der Waals surface area (Å²) < 4.78 is 0. The van der Waals surface area contributed by atoms with E-state index in [0.717, 1.165) is 5.82 Å². The number of nitrogen functional groups attached to an aromatic ring is 1. The van der Waals surface area contributed by atoms with E-state index in [9.17, 15) is 4.79 Å². The van der Waals surface area contributed by atoms with Crippen molar-refractivity contribution in [1.82, 2.24) is 14.9 Å². The number of hydrogen-bond acceptors (Lipinski definition) is 3. The number of nitrogens with one attached hydrogen (secondary N) is 1. The van der Waals surface area contributed by atoms with Crippen molar-refractivity contribution >= 4 is 23.2 Å². The first-order chi connectivity index (χ1) is 8.58. The highest BCUT2D eigenvalue weighted by Crippen LogP contribution is 2.20. The molecule has 18 heavy (non-hydrogen) atoms. The average molecular weight is 265 g/mol. The Bertz CT molecular complexity index is 553. The van der Waals surface area contributed by atoms with Gasteiger partial charge in [-0.2, -0.15) is 0 Å². The molecule has 94 valence electrons. The lowest BCUT2D eigenvalue weighted by molar-refractivity contribution is 0.0782. The minimum absolute atomic E-state index is 0.130. The zero-order chi connectivity index (χ0) is 13.1. The number of halogens is 1. The quantitative estimate of drug-likeness (QED) is 0.832. The van der Waals surface area contributed by atoms with Gasteiger partial charge in [0.05, 0.1) is 17.3 Å². The third-order valence-electron chi connectivity index (χ3n) is 2.53. The van der Waals surface area contributed by atoms with Crippen LogP contribution in [0.1, 0.15) is 16.2 Å². The number of amides is 1. The zero-order valence-electron chi connectivity index (χ0n) is 9.85. The molecule has 0 bridgehead atoms. The van der Waals surface area contributed by atoms with Crippen molar-refractivity contribution in [2.45, 2.75) is 6.54 Å². The summed E-state index contributed by atoms with van der Waals surface area (Å²) in [6.45, 7) is 0.411. The van der Waals surface area contributed by atoms with Crippen LogP contribution >= 0.6 is 11.6 Å². The minimum atomic E-state index is -0.130. The highest BCUT2D eigenvalue weighted by atomic mass is 35.5. The van der Waals surface area contributed by atoms with Crippen LogP contribution in [0.2, 0.25) is 5.02 Å². The number of H-pyrrole nitrogens is 1. The SMILES string of the molecule is CN(Cc1ncc[nH]1)C(=O)c1ccc(Cl)c(N)c1. The Morgan fingerprint density at radius 3 is 2.94 bits per heavy atom. The molecule has 1 heterocycles. The highest BCUT2D eigenvalue weighted by Gasteiger charge is 2.13. The lowest BCUT2D eigenvalue weighted by atomic mass is 10.2. The number of nitrogens with zero attached hydrogens (tertiary/aromatic N) is 2. The Morgan fingerprint density at radius 2 is 2.33 bits per heavy atom. The maximum absolute atomic E-state index is 12.1. The lowest BCUT2D eigenvalue weighted by Crippen LogP contribution is -2.26. The summed E-state index contributed by atoms with van der Waals surface area (Å²) in [5.74, 6) is 0.600. The summed E-state index contributed by atoms with van der Waals surface area (Å²) >= 11 is 5.82. The van der Waals surface area contributed by atoms with Crippen LogP contribution < -0.4 is 5.73 Å². The number of benzene rings is 1. The second-order valence-electron chi connectivity index (χ2n) is 3.93. The van der Waals surface area contributed by atoms with Crippen LogP contribution in [-0.2, 0) is 6.54 Å². The van der Waals surface area contributed by atoms with E-state index in [1.165, 1.54) is 0 Å². The van der Waals surface area contributed by atoms with E-state index in [2.05, 4.69) is 9.97 Å². The molecule has 0 saturated carbocycles. The Labute approximate surface area is 110 Å². The van der Waals surface area contributed by atoms with E-state index in [4.69, 9.17) is 17.3 Å². The van der Waals surface area contributed by atoms with Gasteiger partial charge in [-0.3, -0.25) is 4.79 Å². The van der Waals surface area contributed by atoms with Gasteiger partial charge in [0, 0.05) is 25.0 Å². The maximum Gasteiger partial charge on any atom is 0.254 e. The second-order valence-corrected chi connectivity index (χ2v) is 4.34. The molecule has 0 atom stereocenters. The fourth-order valence-electron chi connectivity index (χ4n) is 1.58. The van der Waals surface area contributed by atoms with E-state index in [-0.39, 0.29) is 5.91 Å². The standard InChI is InChI=1S/C12H13ClN4O/c1-17(7-11-15-4-5-16-11)12(18)8-2-3-9(13)10(14)6-8/h2-6H,7,14H2,1H3,(H,15,16). The third-order valence-corrected chi connectivity index (χ3v) is 2.88. The number of nitrogens with two attached hydrogens (primary N) is 1. The summed E-state index contributed by atoms with van der Waals surface area (Å²) in [5, 5.41) is 0.445. The first kappa shape index (κ1) is 12.4. The molecule has 1 aromatic carbocycles. The Hall–Kier alpha value is -2.01. The number of aromatic nitrogens is 2. The first-order valence-corrected chi connectivity index (χ1v) is 5.74. The van der Waals surface area contributed by atoms with Crippen molar-refractivity contribution in [2.75, 3.05) is 12.8 Å². The van der Waals surface area contributed by atoms with Crippen LogP contribution in [0.3, 0.4) is 0 Å². The summed E-state index contributed by atoms with van der Waals surface area (Å²) in [6.07, 6.45) is 3.36. The topological polar surface area (TPSA) is 75.0 Å². The first-order valence-electron chi connectivity index (χ1n) is 5.36. The molecule has 2 rings (SSSR count). The molecule has 0 aliphatic carbocycles. The van der Waals surface area contributed by atoms with Crippen molar-refractivity contribution in [3.8, 4) is 0 Å². The Morgan fingerprint density at radius 1 is 1.56 bits per heavy atom. The van der Waals surface area contributed by atoms with Gasteiger partial charge in [-0.15, -0.1) is 0 Å². The largest absolute Gasteiger partial charge is 0.398 e. The van der Waals surface area contributed by atoms with Crippen molar-refractivity contribution < 1.29 is 4.79 Å². The molecule has 2 aromatic rings. The number of carbonyl (C=O) groups is 1. The molecule has 0 fully saturated rings. The summed E-state index contributed by atoms with van der Waals surface area (Å²) in [7, 11) is 1.70. The molecule has 0 radical (unpaired) electrons. The summed E-state index contributed by atoms with van der Waals surface area (Å²) in [5.41, 5.74) is 6.58. The van der Waals surface area contributed by atoms with Gasteiger partial charge in [-0.1, -0.05) is 11.6 Å². The molecule has 0 spiro atoms. The number of imidazole rings is 1. The van der Waals surface area contributed by atoms with Gasteiger partial charge in [0.15, 0.2) is 0 Å². The number of carbonyl (C=O) groups excluding carboxylic acids is 1. The van der Waals surface area contributed by atoms with Gasteiger partial charge in [0.2, 0.25) is 0 Å². The zero-order valence-corrected chi connectivity index (χ0v) is 10.6. The Kier molecular flexibility index (Phi) is 3.53. The molecule has 6 heteroatoms. The van der Waals surface area contributed by atoms with E-state index in [1.54, 1.807) is 42.5 Å². The molecular formula is C12H13ClN4O. The molecule has 0 aliphatic rings. The van der Waals surface area contributed by atoms with Gasteiger partial charge >= 0.3 is 0 Å². The van der Waals surface area contributed by atoms with Crippen molar-refractivity contribution in [3.05, 3.63) is 47.0 Å². The number of rotatable bonds is 3. The van der Waals surface area contributed by atoms with Crippen LogP contribution in [0.4, 0.5) is 5.69 Å². The average Bonchev–Trinajstić information content (AvgIpc) is 2.84. The van der Waals surface area contributed by atoms with Gasteiger partial charge in [-0.05, 0) is 18.2 Å². The Balaban J connectivity index is 2.12. The third kappa shape index (κ3) is 2.62. The number of aromatic amines is 1. The van der Waals surface area contributed by atoms with Crippen LogP contribution in [0.15, 0.2) is 30.6 Å². The summed E-state index contributed by atoms with van der Waals surface area (Å²) in [4.78, 5) is 20.7. The monoisotopic (exact) mass is 264 g/mol. The lowest BCUT2D eigenvalue weighted by Gasteiger charge is -2.16. The minimum Gasteiger partial charge on any atom is -0.398 e. The van der Waals surface area contributed by atoms with E-state index >= 15 is 0 Å². The van der Waals surface area contributed by atoms with Gasteiger partial charge in [0.1, 0.15) is 5.82 Å². The van der Waals surface area contributed by atoms with Gasteiger partial charge in [-0.25, -0.2) is 4.98 Å². The fraction of sp³-hybridized carbons (Fsp3) is 0.167. The van der Waals surface area contributed by atoms with Crippen molar-refractivity contribution in [3.63, 3.8) is 0 Å². The maximum atomic E-state index is 12.1. The molecule has 3 N–H and O–H groups in total. The smallest absolute Gasteiger partial charge is 0.254 e. The molecule has 0 saturated heterocycles. The predicted molar refractivity (Wildman–Crippen MR) is 70.2 cm³/mol. The molecule has 1 aromatic heterocycles. The van der Waals surface area contributed by atoms with Crippen LogP contribution in [0.5, 0.6) is 0 Å². The highest BCUT2D eigenvalue weighted by molar-refractivity contribution is 6.33. The molecule has 0 unspecified atom stereocenters. The fourth-order valence-corrected chi connectivity index (χ4v) is 1.70. The second kappa shape index (κ2) is 5.10. The molecule has 5 nitrogen and oxygen atoms in total. The van der Waals surface area contributed by atoms with Gasteiger partial charge in [0.25, 0.3) is 5.91 Å². The van der Waals surface area contributed by atoms with E-state index < -0.39 is 0 Å². The van der Waals surface area contributed by atoms with E-state index in [1.807, 2.05) is 0 Å². The van der Waals surface area contributed by atoms with Crippen LogP contribution in [0.25, 0.3) is 0 Å². The van der Waals surface area contributed by atoms with Crippen molar-refractivity contribution in [2.24, 2.45) is 0 Å². The summed E-state index contributed by atoms with van der Waals surface area (Å²) in [6, 6.07) is 4.84. The number of hydrogen-bond donors (Lipinski definition) is 2. The van der Waals surface area contributed by atoms with Crippen LogP contribution in [0, 0.1) is 0 Å². The predicted octanol–water partition coefficient (Wildman–Crippen LogP) is 1.92.